The van der Waals surface area contributed by atoms with Crippen molar-refractivity contribution in [3.8, 4) is 0 Å². The van der Waals surface area contributed by atoms with Crippen molar-refractivity contribution in [2.24, 2.45) is 0 Å². The third-order valence-corrected chi connectivity index (χ3v) is 4.88. The zero-order chi connectivity index (χ0) is 18.1. The summed E-state index contributed by atoms with van der Waals surface area (Å²) in [5.41, 5.74) is 0.546. The fraction of sp³-hybridized carbons (Fsp3) is 0.278. The van der Waals surface area contributed by atoms with Gasteiger partial charge in [-0.25, -0.2) is 23.7 Å². The maximum Gasteiger partial charge on any atom is 0.297 e. The summed E-state index contributed by atoms with van der Waals surface area (Å²) in [6, 6.07) is 11.2. The van der Waals surface area contributed by atoms with E-state index in [1.807, 2.05) is 29.2 Å². The first-order valence-electron chi connectivity index (χ1n) is 8.28. The van der Waals surface area contributed by atoms with Crippen molar-refractivity contribution in [2.75, 3.05) is 36.0 Å². The van der Waals surface area contributed by atoms with Gasteiger partial charge in [-0.2, -0.15) is 0 Å². The van der Waals surface area contributed by atoms with Gasteiger partial charge in [0.2, 0.25) is 0 Å². The van der Waals surface area contributed by atoms with Gasteiger partial charge in [-0.1, -0.05) is 12.1 Å². The first-order valence-corrected chi connectivity index (χ1v) is 9.07. The van der Waals surface area contributed by atoms with E-state index < -0.39 is 12.2 Å². The number of rotatable bonds is 3. The number of fused-ring (bicyclic) bond motifs is 1. The van der Waals surface area contributed by atoms with E-state index in [9.17, 15) is 8.78 Å². The number of halogens is 3. The molecule has 4 rings (SSSR count). The molecule has 0 bridgehead atoms. The van der Waals surface area contributed by atoms with Crippen LogP contribution in [-0.2, 0) is 0 Å². The standard InChI is InChI=1S/C18H16BrF2N5/c19-12-5-6-15(22-11-12)25-7-9-26(10-8-25)18-13-3-1-2-4-14(13)23-17(24-18)16(20)21/h1-6,11,16H,7-10H2. The van der Waals surface area contributed by atoms with Crippen LogP contribution in [0.4, 0.5) is 20.4 Å². The van der Waals surface area contributed by atoms with E-state index in [2.05, 4.69) is 35.8 Å². The lowest BCUT2D eigenvalue weighted by Gasteiger charge is -2.36. The maximum atomic E-state index is 13.2. The molecule has 0 N–H and O–H groups in total. The minimum absolute atomic E-state index is 0.421. The van der Waals surface area contributed by atoms with Crippen molar-refractivity contribution in [3.05, 3.63) is 52.9 Å². The molecular weight excluding hydrogens is 404 g/mol. The van der Waals surface area contributed by atoms with Crippen LogP contribution in [0.5, 0.6) is 0 Å². The summed E-state index contributed by atoms with van der Waals surface area (Å²) in [6.07, 6.45) is -0.916. The molecular formula is C18H16BrF2N5. The van der Waals surface area contributed by atoms with Crippen LogP contribution in [0.25, 0.3) is 10.9 Å². The highest BCUT2D eigenvalue weighted by Gasteiger charge is 2.23. The Hall–Kier alpha value is -2.35. The summed E-state index contributed by atoms with van der Waals surface area (Å²) < 4.78 is 27.3. The van der Waals surface area contributed by atoms with Gasteiger partial charge >= 0.3 is 0 Å². The molecule has 26 heavy (non-hydrogen) atoms. The van der Waals surface area contributed by atoms with Crippen LogP contribution in [0, 0.1) is 0 Å². The number of alkyl halides is 2. The van der Waals surface area contributed by atoms with Gasteiger partial charge in [-0.15, -0.1) is 0 Å². The summed E-state index contributed by atoms with van der Waals surface area (Å²) in [5, 5.41) is 0.798. The monoisotopic (exact) mass is 419 g/mol. The van der Waals surface area contributed by atoms with Crippen LogP contribution in [0.2, 0.25) is 0 Å². The third kappa shape index (κ3) is 3.33. The molecule has 0 spiro atoms. The van der Waals surface area contributed by atoms with E-state index in [1.54, 1.807) is 18.3 Å². The number of benzene rings is 1. The normalized spacial score (nSPS) is 15.1. The molecule has 3 aromatic rings. The highest BCUT2D eigenvalue weighted by molar-refractivity contribution is 9.10. The molecule has 0 radical (unpaired) electrons. The lowest BCUT2D eigenvalue weighted by Crippen LogP contribution is -2.47. The second-order valence-electron chi connectivity index (χ2n) is 6.03. The average molecular weight is 420 g/mol. The van der Waals surface area contributed by atoms with Gasteiger partial charge in [0.15, 0.2) is 5.82 Å². The minimum atomic E-state index is -2.69. The molecule has 3 heterocycles. The highest BCUT2D eigenvalue weighted by atomic mass is 79.9. The molecule has 8 heteroatoms. The van der Waals surface area contributed by atoms with Gasteiger partial charge in [0.05, 0.1) is 5.52 Å². The average Bonchev–Trinajstić information content (AvgIpc) is 2.68. The second kappa shape index (κ2) is 7.11. The molecule has 1 saturated heterocycles. The van der Waals surface area contributed by atoms with Gasteiger partial charge < -0.3 is 9.80 Å². The molecule has 0 aliphatic carbocycles. The minimum Gasteiger partial charge on any atom is -0.353 e. The summed E-state index contributed by atoms with van der Waals surface area (Å²) in [4.78, 5) is 16.8. The van der Waals surface area contributed by atoms with Crippen LogP contribution >= 0.6 is 15.9 Å². The van der Waals surface area contributed by atoms with Gasteiger partial charge in [-0.05, 0) is 40.2 Å². The van der Waals surface area contributed by atoms with Gasteiger partial charge in [0.1, 0.15) is 11.6 Å². The Morgan fingerprint density at radius 3 is 2.35 bits per heavy atom. The van der Waals surface area contributed by atoms with E-state index in [4.69, 9.17) is 0 Å². The molecule has 2 aromatic heterocycles. The number of hydrogen-bond donors (Lipinski definition) is 0. The first kappa shape index (κ1) is 17.1. The number of aromatic nitrogens is 3. The number of nitrogens with zero attached hydrogens (tertiary/aromatic N) is 5. The van der Waals surface area contributed by atoms with Crippen molar-refractivity contribution in [3.63, 3.8) is 0 Å². The lowest BCUT2D eigenvalue weighted by atomic mass is 10.2. The topological polar surface area (TPSA) is 45.2 Å². The van der Waals surface area contributed by atoms with E-state index in [0.717, 1.165) is 28.8 Å². The molecule has 0 amide bonds. The van der Waals surface area contributed by atoms with E-state index in [0.29, 0.717) is 24.4 Å². The van der Waals surface area contributed by atoms with Crippen LogP contribution in [0.1, 0.15) is 12.2 Å². The number of para-hydroxylation sites is 1. The summed E-state index contributed by atoms with van der Waals surface area (Å²) in [5.74, 6) is 1.07. The van der Waals surface area contributed by atoms with Crippen LogP contribution < -0.4 is 9.80 Å². The van der Waals surface area contributed by atoms with Crippen molar-refractivity contribution >= 4 is 38.5 Å². The zero-order valence-electron chi connectivity index (χ0n) is 13.8. The zero-order valence-corrected chi connectivity index (χ0v) is 15.4. The number of piperazine rings is 1. The van der Waals surface area contributed by atoms with Crippen LogP contribution in [0.15, 0.2) is 47.1 Å². The smallest absolute Gasteiger partial charge is 0.297 e. The van der Waals surface area contributed by atoms with Crippen molar-refractivity contribution in [1.29, 1.82) is 0 Å². The van der Waals surface area contributed by atoms with Crippen molar-refractivity contribution < 1.29 is 8.78 Å². The molecule has 134 valence electrons. The van der Waals surface area contributed by atoms with Gasteiger partial charge in [-0.3, -0.25) is 0 Å². The Labute approximate surface area is 157 Å². The SMILES string of the molecule is FC(F)c1nc(N2CCN(c3ccc(Br)cn3)CC2)c2ccccc2n1. The predicted molar refractivity (Wildman–Crippen MR) is 101 cm³/mol. The third-order valence-electron chi connectivity index (χ3n) is 4.41. The number of anilines is 2. The molecule has 0 saturated carbocycles. The van der Waals surface area contributed by atoms with Crippen molar-refractivity contribution in [1.82, 2.24) is 15.0 Å². The van der Waals surface area contributed by atoms with Crippen LogP contribution in [-0.4, -0.2) is 41.1 Å². The Kier molecular flexibility index (Phi) is 4.67. The summed E-state index contributed by atoms with van der Waals surface area (Å²) in [6.45, 7) is 2.86. The number of hydrogen-bond acceptors (Lipinski definition) is 5. The van der Waals surface area contributed by atoms with Crippen molar-refractivity contribution in [2.45, 2.75) is 6.43 Å². The number of pyridine rings is 1. The Bertz CT molecular complexity index is 911. The second-order valence-corrected chi connectivity index (χ2v) is 6.95. The molecule has 1 aliphatic rings. The first-order chi connectivity index (χ1) is 12.6. The van der Waals surface area contributed by atoms with Gasteiger partial charge in [0.25, 0.3) is 6.43 Å². The largest absolute Gasteiger partial charge is 0.353 e. The maximum absolute atomic E-state index is 13.2. The summed E-state index contributed by atoms with van der Waals surface area (Å²) in [7, 11) is 0. The molecule has 5 nitrogen and oxygen atoms in total. The Morgan fingerprint density at radius 1 is 0.923 bits per heavy atom. The molecule has 1 aromatic carbocycles. The molecule has 0 unspecified atom stereocenters. The molecule has 0 atom stereocenters. The Morgan fingerprint density at radius 2 is 1.65 bits per heavy atom. The Balaban J connectivity index is 1.60. The van der Waals surface area contributed by atoms with Crippen LogP contribution in [0.3, 0.4) is 0 Å². The molecule has 1 aliphatic heterocycles. The fourth-order valence-electron chi connectivity index (χ4n) is 3.12. The van der Waals surface area contributed by atoms with E-state index in [-0.39, 0.29) is 0 Å². The lowest BCUT2D eigenvalue weighted by molar-refractivity contribution is 0.141. The summed E-state index contributed by atoms with van der Waals surface area (Å²) >= 11 is 3.39. The van der Waals surface area contributed by atoms with E-state index in [1.165, 1.54) is 0 Å². The van der Waals surface area contributed by atoms with E-state index >= 15 is 0 Å². The predicted octanol–water partition coefficient (Wildman–Crippen LogP) is 4.05. The van der Waals surface area contributed by atoms with Gasteiger partial charge in [0, 0.05) is 42.2 Å². The quantitative estimate of drug-likeness (QED) is 0.640. The highest BCUT2D eigenvalue weighted by Crippen LogP contribution is 2.28. The fourth-order valence-corrected chi connectivity index (χ4v) is 3.35. The molecule has 1 fully saturated rings.